The number of halogens is 3. The SMILES string of the molecule is CCNCc1ccc(-c2cccc(Br)c2F)cc1Cl. The van der Waals surface area contributed by atoms with Crippen LogP contribution in [0.5, 0.6) is 0 Å². The maximum atomic E-state index is 14.0. The Morgan fingerprint density at radius 3 is 2.74 bits per heavy atom. The maximum Gasteiger partial charge on any atom is 0.145 e. The van der Waals surface area contributed by atoms with Crippen LogP contribution in [0.25, 0.3) is 11.1 Å². The average molecular weight is 343 g/mol. The summed E-state index contributed by atoms with van der Waals surface area (Å²) in [6.45, 7) is 3.65. The standard InChI is InChI=1S/C15H14BrClFN/c1-2-19-9-11-7-6-10(8-14(11)17)12-4-3-5-13(16)15(12)18/h3-8,19H,2,9H2,1H3. The fourth-order valence-electron chi connectivity index (χ4n) is 1.84. The van der Waals surface area contributed by atoms with E-state index in [4.69, 9.17) is 11.6 Å². The lowest BCUT2D eigenvalue weighted by molar-refractivity contribution is 0.624. The first kappa shape index (κ1) is 14.5. The molecule has 0 heterocycles. The van der Waals surface area contributed by atoms with Crippen molar-refractivity contribution >= 4 is 27.5 Å². The van der Waals surface area contributed by atoms with Gasteiger partial charge >= 0.3 is 0 Å². The molecule has 0 saturated carbocycles. The van der Waals surface area contributed by atoms with Gasteiger partial charge in [0, 0.05) is 17.1 Å². The number of rotatable bonds is 4. The van der Waals surface area contributed by atoms with Crippen LogP contribution < -0.4 is 5.32 Å². The first-order valence-electron chi connectivity index (χ1n) is 6.07. The highest BCUT2D eigenvalue weighted by molar-refractivity contribution is 9.10. The van der Waals surface area contributed by atoms with Crippen molar-refractivity contribution in [2.45, 2.75) is 13.5 Å². The van der Waals surface area contributed by atoms with Crippen molar-refractivity contribution in [1.82, 2.24) is 5.32 Å². The molecule has 2 aromatic rings. The Balaban J connectivity index is 2.36. The predicted molar refractivity (Wildman–Crippen MR) is 81.9 cm³/mol. The van der Waals surface area contributed by atoms with E-state index >= 15 is 0 Å². The number of nitrogens with one attached hydrogen (secondary N) is 1. The van der Waals surface area contributed by atoms with Crippen molar-refractivity contribution in [2.75, 3.05) is 6.54 Å². The zero-order valence-electron chi connectivity index (χ0n) is 10.5. The second-order valence-corrected chi connectivity index (χ2v) is 5.45. The topological polar surface area (TPSA) is 12.0 Å². The van der Waals surface area contributed by atoms with Crippen molar-refractivity contribution in [2.24, 2.45) is 0 Å². The second-order valence-electron chi connectivity index (χ2n) is 4.19. The Kier molecular flexibility index (Phi) is 4.97. The maximum absolute atomic E-state index is 14.0. The third-order valence-electron chi connectivity index (χ3n) is 2.88. The molecule has 0 saturated heterocycles. The lowest BCUT2D eigenvalue weighted by Crippen LogP contribution is -2.11. The first-order valence-corrected chi connectivity index (χ1v) is 7.24. The molecule has 0 aromatic heterocycles. The summed E-state index contributed by atoms with van der Waals surface area (Å²) in [7, 11) is 0. The van der Waals surface area contributed by atoms with Crippen molar-refractivity contribution < 1.29 is 4.39 Å². The van der Waals surface area contributed by atoms with Gasteiger partial charge in [-0.1, -0.05) is 42.8 Å². The van der Waals surface area contributed by atoms with Crippen LogP contribution in [0.3, 0.4) is 0 Å². The monoisotopic (exact) mass is 341 g/mol. The number of hydrogen-bond acceptors (Lipinski definition) is 1. The molecule has 4 heteroatoms. The number of hydrogen-bond donors (Lipinski definition) is 1. The molecule has 0 aliphatic heterocycles. The second kappa shape index (κ2) is 6.51. The molecule has 19 heavy (non-hydrogen) atoms. The van der Waals surface area contributed by atoms with Gasteiger partial charge in [0.2, 0.25) is 0 Å². The molecule has 1 nitrogen and oxygen atoms in total. The Morgan fingerprint density at radius 1 is 1.26 bits per heavy atom. The minimum Gasteiger partial charge on any atom is -0.313 e. The Labute approximate surface area is 125 Å². The van der Waals surface area contributed by atoms with E-state index < -0.39 is 0 Å². The van der Waals surface area contributed by atoms with Gasteiger partial charge in [0.1, 0.15) is 5.82 Å². The molecule has 0 aliphatic carbocycles. The summed E-state index contributed by atoms with van der Waals surface area (Å²) in [5, 5.41) is 3.87. The van der Waals surface area contributed by atoms with Gasteiger partial charge in [-0.15, -0.1) is 0 Å². The van der Waals surface area contributed by atoms with Crippen molar-refractivity contribution in [1.29, 1.82) is 0 Å². The zero-order valence-corrected chi connectivity index (χ0v) is 12.9. The fraction of sp³-hybridized carbons (Fsp3) is 0.200. The summed E-state index contributed by atoms with van der Waals surface area (Å²) < 4.78 is 14.5. The molecule has 0 unspecified atom stereocenters. The normalized spacial score (nSPS) is 10.7. The van der Waals surface area contributed by atoms with Gasteiger partial charge in [-0.05, 0) is 45.7 Å². The van der Waals surface area contributed by atoms with E-state index in [0.29, 0.717) is 15.1 Å². The molecule has 0 radical (unpaired) electrons. The Bertz CT molecular complexity index is 586. The molecule has 0 atom stereocenters. The third kappa shape index (κ3) is 3.35. The predicted octanol–water partition coefficient (Wildman–Crippen LogP) is 5.02. The Hall–Kier alpha value is -0.900. The van der Waals surface area contributed by atoms with Crippen LogP contribution in [0.15, 0.2) is 40.9 Å². The quantitative estimate of drug-likeness (QED) is 0.823. The van der Waals surface area contributed by atoms with E-state index in [-0.39, 0.29) is 5.82 Å². The van der Waals surface area contributed by atoms with Crippen LogP contribution in [0.4, 0.5) is 4.39 Å². The zero-order chi connectivity index (χ0) is 13.8. The van der Waals surface area contributed by atoms with Crippen molar-refractivity contribution in [3.05, 3.63) is 57.3 Å². The molecule has 0 aliphatic rings. The highest BCUT2D eigenvalue weighted by Gasteiger charge is 2.09. The summed E-state index contributed by atoms with van der Waals surface area (Å²) in [6.07, 6.45) is 0. The van der Waals surface area contributed by atoms with Crippen LogP contribution in [-0.4, -0.2) is 6.54 Å². The smallest absolute Gasteiger partial charge is 0.145 e. The first-order chi connectivity index (χ1) is 9.13. The van der Waals surface area contributed by atoms with E-state index in [1.165, 1.54) is 0 Å². The highest BCUT2D eigenvalue weighted by atomic mass is 79.9. The largest absolute Gasteiger partial charge is 0.313 e. The van der Waals surface area contributed by atoms with Gasteiger partial charge in [-0.25, -0.2) is 4.39 Å². The van der Waals surface area contributed by atoms with Crippen LogP contribution in [-0.2, 0) is 6.54 Å². The molecule has 0 fully saturated rings. The van der Waals surface area contributed by atoms with Gasteiger partial charge in [0.25, 0.3) is 0 Å². The summed E-state index contributed by atoms with van der Waals surface area (Å²) in [6, 6.07) is 10.9. The van der Waals surface area contributed by atoms with Crippen LogP contribution in [0, 0.1) is 5.82 Å². The number of benzene rings is 2. The molecule has 1 N–H and O–H groups in total. The molecule has 0 spiro atoms. The Morgan fingerprint density at radius 2 is 2.05 bits per heavy atom. The lowest BCUT2D eigenvalue weighted by Gasteiger charge is -2.09. The molecule has 100 valence electrons. The van der Waals surface area contributed by atoms with Gasteiger partial charge in [-0.2, -0.15) is 0 Å². The molecule has 2 aromatic carbocycles. The van der Waals surface area contributed by atoms with Gasteiger partial charge in [-0.3, -0.25) is 0 Å². The minimum atomic E-state index is -0.266. The van der Waals surface area contributed by atoms with Crippen molar-refractivity contribution in [3.8, 4) is 11.1 Å². The van der Waals surface area contributed by atoms with Crippen LogP contribution in [0.2, 0.25) is 5.02 Å². The minimum absolute atomic E-state index is 0.266. The third-order valence-corrected chi connectivity index (χ3v) is 3.85. The van der Waals surface area contributed by atoms with Crippen molar-refractivity contribution in [3.63, 3.8) is 0 Å². The molecule has 2 rings (SSSR count). The molecule has 0 bridgehead atoms. The van der Waals surface area contributed by atoms with Crippen LogP contribution in [0.1, 0.15) is 12.5 Å². The van der Waals surface area contributed by atoms with E-state index in [1.54, 1.807) is 18.2 Å². The lowest BCUT2D eigenvalue weighted by atomic mass is 10.0. The summed E-state index contributed by atoms with van der Waals surface area (Å²) in [5.41, 5.74) is 2.35. The fourth-order valence-corrected chi connectivity index (χ4v) is 2.46. The van der Waals surface area contributed by atoms with E-state index in [1.807, 2.05) is 25.1 Å². The van der Waals surface area contributed by atoms with Gasteiger partial charge in [0.15, 0.2) is 0 Å². The molecular formula is C15H14BrClFN. The van der Waals surface area contributed by atoms with E-state index in [0.717, 1.165) is 24.2 Å². The summed E-state index contributed by atoms with van der Waals surface area (Å²) in [4.78, 5) is 0. The van der Waals surface area contributed by atoms with Crippen LogP contribution >= 0.6 is 27.5 Å². The van der Waals surface area contributed by atoms with Gasteiger partial charge in [0.05, 0.1) is 4.47 Å². The summed E-state index contributed by atoms with van der Waals surface area (Å²) >= 11 is 9.43. The molecule has 0 amide bonds. The van der Waals surface area contributed by atoms with E-state index in [2.05, 4.69) is 21.2 Å². The average Bonchev–Trinajstić information content (AvgIpc) is 2.40. The molecular weight excluding hydrogens is 329 g/mol. The van der Waals surface area contributed by atoms with E-state index in [9.17, 15) is 4.39 Å². The summed E-state index contributed by atoms with van der Waals surface area (Å²) in [5.74, 6) is -0.266. The highest BCUT2D eigenvalue weighted by Crippen LogP contribution is 2.30. The van der Waals surface area contributed by atoms with Gasteiger partial charge < -0.3 is 5.32 Å².